The Balaban J connectivity index is 0.000000220. The molecule has 0 saturated carbocycles. The summed E-state index contributed by atoms with van der Waals surface area (Å²) in [5.41, 5.74) is 5.28. The van der Waals surface area contributed by atoms with Gasteiger partial charge in [-0.25, -0.2) is 11.1 Å². The SMILES string of the molecule is [2H]C([2H])([2H])c1c[c-]c(-c2[c-]cccc2)cc1.[2H]C([2H])([2H])c1cc(-c2[c-]cccc2)ncc1-c1ccccc1.[Ir+3]. The van der Waals surface area contributed by atoms with Crippen LogP contribution in [0.5, 0.6) is 0 Å². The molecule has 0 aliphatic heterocycles. The summed E-state index contributed by atoms with van der Waals surface area (Å²) in [5.74, 6) is 0. The quantitative estimate of drug-likeness (QED) is 0.191. The Bertz CT molecular complexity index is 1450. The van der Waals surface area contributed by atoms with Gasteiger partial charge < -0.3 is 4.98 Å². The molecule has 0 amide bonds. The van der Waals surface area contributed by atoms with Crippen LogP contribution in [0.1, 0.15) is 19.4 Å². The van der Waals surface area contributed by atoms with Crippen LogP contribution >= 0.6 is 0 Å². The van der Waals surface area contributed by atoms with Crippen LogP contribution in [0.2, 0.25) is 0 Å². The van der Waals surface area contributed by atoms with Crippen molar-refractivity contribution in [1.82, 2.24) is 4.98 Å². The van der Waals surface area contributed by atoms with E-state index >= 15 is 0 Å². The van der Waals surface area contributed by atoms with Crippen molar-refractivity contribution in [3.63, 3.8) is 0 Å². The molecule has 5 rings (SSSR count). The minimum absolute atomic E-state index is 0. The molecule has 0 spiro atoms. The molecule has 0 aliphatic carbocycles. The third-order valence-corrected chi connectivity index (χ3v) is 4.79. The summed E-state index contributed by atoms with van der Waals surface area (Å²) in [6.45, 7) is -4.26. The van der Waals surface area contributed by atoms with Crippen LogP contribution in [-0.2, 0) is 20.1 Å². The number of hydrogen-bond donors (Lipinski definition) is 0. The van der Waals surface area contributed by atoms with Gasteiger partial charge in [0.25, 0.3) is 0 Å². The number of aryl methyl sites for hydroxylation is 2. The fraction of sp³-hybridized carbons (Fsp3) is 0.0645. The predicted molar refractivity (Wildman–Crippen MR) is 133 cm³/mol. The molecule has 1 aromatic heterocycles. The maximum atomic E-state index is 7.82. The van der Waals surface area contributed by atoms with Gasteiger partial charge in [0.1, 0.15) is 0 Å². The minimum Gasteiger partial charge on any atom is -0.304 e. The smallest absolute Gasteiger partial charge is 0.304 e. The summed E-state index contributed by atoms with van der Waals surface area (Å²) in [6, 6.07) is 40.0. The summed E-state index contributed by atoms with van der Waals surface area (Å²) in [7, 11) is 0. The van der Waals surface area contributed by atoms with E-state index in [2.05, 4.69) is 23.2 Å². The van der Waals surface area contributed by atoms with Crippen LogP contribution in [0.15, 0.2) is 109 Å². The Hall–Kier alpha value is -3.32. The van der Waals surface area contributed by atoms with Gasteiger partial charge >= 0.3 is 20.1 Å². The van der Waals surface area contributed by atoms with Gasteiger partial charge in [-0.05, 0) is 23.7 Å². The third-order valence-electron chi connectivity index (χ3n) is 4.79. The van der Waals surface area contributed by atoms with E-state index < -0.39 is 13.7 Å². The number of hydrogen-bond acceptors (Lipinski definition) is 1. The van der Waals surface area contributed by atoms with Gasteiger partial charge in [-0.2, -0.15) is 48.5 Å². The van der Waals surface area contributed by atoms with Gasteiger partial charge in [-0.1, -0.05) is 43.3 Å². The van der Waals surface area contributed by atoms with Crippen molar-refractivity contribution in [3.8, 4) is 33.5 Å². The van der Waals surface area contributed by atoms with Crippen LogP contribution in [0, 0.1) is 31.9 Å². The molecule has 2 heteroatoms. The fourth-order valence-corrected chi connectivity index (χ4v) is 3.16. The van der Waals surface area contributed by atoms with E-state index in [9.17, 15) is 0 Å². The van der Waals surface area contributed by atoms with E-state index in [0.29, 0.717) is 22.4 Å². The standard InChI is InChI=1S/C18H14N.C13H10.Ir/c1-14-12-18(16-10-6-3-7-11-16)19-13-17(14)15-8-4-2-5-9-15;1-11-7-9-13(10-8-11)12-5-3-2-4-6-12;/h2-10,12-13H,1H3;2-5,7-9H,1H3;/q-1;-2;+3/i2*1D3;. The molecule has 0 saturated heterocycles. The molecule has 0 unspecified atom stereocenters. The molecule has 0 bridgehead atoms. The Morgan fingerprint density at radius 2 is 1.39 bits per heavy atom. The van der Waals surface area contributed by atoms with E-state index in [1.165, 1.54) is 6.07 Å². The van der Waals surface area contributed by atoms with Gasteiger partial charge in [0.2, 0.25) is 0 Å². The molecule has 0 radical (unpaired) electrons. The van der Waals surface area contributed by atoms with E-state index in [1.54, 1.807) is 30.5 Å². The molecule has 4 aromatic carbocycles. The summed E-state index contributed by atoms with van der Waals surface area (Å²) in [5, 5.41) is 0. The molecule has 5 aromatic rings. The topological polar surface area (TPSA) is 12.9 Å². The summed E-state index contributed by atoms with van der Waals surface area (Å²) in [6.07, 6.45) is 1.63. The van der Waals surface area contributed by atoms with Gasteiger partial charge in [0.05, 0.1) is 0 Å². The minimum atomic E-state index is -2.20. The second-order valence-corrected chi connectivity index (χ2v) is 7.02. The average molecular weight is 609 g/mol. The monoisotopic (exact) mass is 609 g/mol. The molecule has 162 valence electrons. The summed E-state index contributed by atoms with van der Waals surface area (Å²) in [4.78, 5) is 4.42. The van der Waals surface area contributed by atoms with Crippen LogP contribution in [-0.4, -0.2) is 4.98 Å². The van der Waals surface area contributed by atoms with Crippen LogP contribution in [0.4, 0.5) is 0 Å². The molecule has 1 nitrogen and oxygen atoms in total. The van der Waals surface area contributed by atoms with Gasteiger partial charge in [-0.15, -0.1) is 47.5 Å². The second kappa shape index (κ2) is 12.1. The van der Waals surface area contributed by atoms with E-state index in [-0.39, 0.29) is 20.1 Å². The Labute approximate surface area is 219 Å². The maximum absolute atomic E-state index is 7.82. The molecule has 0 N–H and O–H groups in total. The second-order valence-electron chi connectivity index (χ2n) is 7.02. The molecule has 33 heavy (non-hydrogen) atoms. The Morgan fingerprint density at radius 1 is 0.697 bits per heavy atom. The molecule has 1 heterocycles. The van der Waals surface area contributed by atoms with Crippen molar-refractivity contribution in [2.75, 3.05) is 0 Å². The van der Waals surface area contributed by atoms with Gasteiger partial charge in [0, 0.05) is 20.0 Å². The van der Waals surface area contributed by atoms with Gasteiger partial charge in [-0.3, -0.25) is 0 Å². The fourth-order valence-electron chi connectivity index (χ4n) is 3.16. The largest absolute Gasteiger partial charge is 3.00 e. The van der Waals surface area contributed by atoms with Crippen molar-refractivity contribution in [1.29, 1.82) is 0 Å². The first-order chi connectivity index (χ1) is 18.1. The zero-order valence-corrected chi connectivity index (χ0v) is 20.1. The number of rotatable bonds is 3. The number of nitrogens with zero attached hydrogens (tertiary/aromatic N) is 1. The Kier molecular flexibility index (Phi) is 6.29. The van der Waals surface area contributed by atoms with Crippen molar-refractivity contribution in [2.45, 2.75) is 13.7 Å². The molecule has 0 fully saturated rings. The van der Waals surface area contributed by atoms with Crippen LogP contribution in [0.3, 0.4) is 0 Å². The maximum Gasteiger partial charge on any atom is 3.00 e. The molecular formula is C31H24IrN. The Morgan fingerprint density at radius 3 is 2.00 bits per heavy atom. The first kappa shape index (κ1) is 17.2. The third kappa shape index (κ3) is 6.58. The zero-order valence-electron chi connectivity index (χ0n) is 23.7. The molecule has 0 aliphatic rings. The number of benzene rings is 4. The summed E-state index contributed by atoms with van der Waals surface area (Å²) >= 11 is 0. The van der Waals surface area contributed by atoms with Crippen molar-refractivity contribution >= 4 is 0 Å². The molecular weight excluding hydrogens is 579 g/mol. The predicted octanol–water partition coefficient (Wildman–Crippen LogP) is 7.78. The van der Waals surface area contributed by atoms with Crippen molar-refractivity contribution < 1.29 is 28.3 Å². The number of pyridine rings is 1. The number of aromatic nitrogens is 1. The van der Waals surface area contributed by atoms with Gasteiger partial charge in [0.15, 0.2) is 0 Å². The van der Waals surface area contributed by atoms with Crippen molar-refractivity contribution in [2.24, 2.45) is 0 Å². The van der Waals surface area contributed by atoms with E-state index in [0.717, 1.165) is 22.3 Å². The first-order valence-corrected chi connectivity index (χ1v) is 10.2. The van der Waals surface area contributed by atoms with E-state index in [4.69, 9.17) is 8.22 Å². The van der Waals surface area contributed by atoms with Crippen LogP contribution in [0.25, 0.3) is 33.5 Å². The first-order valence-electron chi connectivity index (χ1n) is 13.2. The van der Waals surface area contributed by atoms with E-state index in [1.807, 2.05) is 72.8 Å². The summed E-state index contributed by atoms with van der Waals surface area (Å²) < 4.78 is 45.2. The average Bonchev–Trinajstić information content (AvgIpc) is 2.94. The zero-order chi connectivity index (χ0) is 27.2. The van der Waals surface area contributed by atoms with Crippen molar-refractivity contribution in [3.05, 3.63) is 139 Å². The van der Waals surface area contributed by atoms with Crippen LogP contribution < -0.4 is 0 Å². The molecule has 0 atom stereocenters. The normalized spacial score (nSPS) is 13.3.